The van der Waals surface area contributed by atoms with Gasteiger partial charge in [0.25, 0.3) is 5.91 Å². The molecular weight excluding hydrogens is 334 g/mol. The molecule has 1 N–H and O–H groups in total. The van der Waals surface area contributed by atoms with Gasteiger partial charge >= 0.3 is 0 Å². The standard InChI is InChI=1S/C15H13N3O3S2/c1-8-12(15(22)23-10-7-11(19)16-13(10)20)14(21)18(17-8)9-5-3-2-4-6-9/h2-6,10,12H,7H2,1H3,(H,16,19,20)/t10-,12+/m1/s1. The number of thioether (sulfide) groups is 1. The average Bonchev–Trinajstić information content (AvgIpc) is 2.98. The number of hydrazone groups is 1. The minimum atomic E-state index is -0.654. The van der Waals surface area contributed by atoms with E-state index in [4.69, 9.17) is 12.2 Å². The first kappa shape index (κ1) is 15.8. The third-order valence-corrected chi connectivity index (χ3v) is 5.21. The molecule has 0 aromatic heterocycles. The number of hydrogen-bond acceptors (Lipinski definition) is 6. The van der Waals surface area contributed by atoms with Crippen LogP contribution in [0.5, 0.6) is 0 Å². The molecular formula is C15H13N3O3S2. The van der Waals surface area contributed by atoms with E-state index < -0.39 is 11.2 Å². The van der Waals surface area contributed by atoms with Crippen molar-refractivity contribution >= 4 is 57.3 Å². The lowest BCUT2D eigenvalue weighted by atomic mass is 10.1. The maximum absolute atomic E-state index is 12.6. The van der Waals surface area contributed by atoms with Crippen molar-refractivity contribution in [2.75, 3.05) is 5.01 Å². The van der Waals surface area contributed by atoms with Crippen molar-refractivity contribution in [3.05, 3.63) is 30.3 Å². The highest BCUT2D eigenvalue weighted by atomic mass is 32.2. The van der Waals surface area contributed by atoms with Gasteiger partial charge in [-0.15, -0.1) is 11.8 Å². The second kappa shape index (κ2) is 6.21. The largest absolute Gasteiger partial charge is 0.295 e. The summed E-state index contributed by atoms with van der Waals surface area (Å²) in [6.07, 6.45) is 0.0864. The van der Waals surface area contributed by atoms with Gasteiger partial charge in [-0.1, -0.05) is 30.4 Å². The smallest absolute Gasteiger partial charge is 0.262 e. The number of amides is 3. The zero-order chi connectivity index (χ0) is 16.6. The fourth-order valence-corrected chi connectivity index (χ4v) is 4.13. The Bertz CT molecular complexity index is 733. The van der Waals surface area contributed by atoms with E-state index in [1.807, 2.05) is 18.2 Å². The number of thiocarbonyl (C=S) groups is 1. The van der Waals surface area contributed by atoms with Gasteiger partial charge in [-0.05, 0) is 19.1 Å². The highest BCUT2D eigenvalue weighted by Gasteiger charge is 2.40. The molecule has 6 nitrogen and oxygen atoms in total. The van der Waals surface area contributed by atoms with E-state index in [1.165, 1.54) is 5.01 Å². The molecule has 0 spiro atoms. The molecule has 2 aliphatic heterocycles. The number of para-hydroxylation sites is 1. The van der Waals surface area contributed by atoms with Gasteiger partial charge in [0.05, 0.1) is 20.8 Å². The summed E-state index contributed by atoms with van der Waals surface area (Å²) in [6, 6.07) is 9.08. The van der Waals surface area contributed by atoms with Crippen LogP contribution in [0, 0.1) is 5.92 Å². The van der Waals surface area contributed by atoms with Crippen molar-refractivity contribution in [3.63, 3.8) is 0 Å². The summed E-state index contributed by atoms with van der Waals surface area (Å²) in [6.45, 7) is 1.73. The molecule has 8 heteroatoms. The van der Waals surface area contributed by atoms with Gasteiger partial charge in [0.1, 0.15) is 5.92 Å². The number of anilines is 1. The Kier molecular flexibility index (Phi) is 4.27. The van der Waals surface area contributed by atoms with E-state index in [-0.39, 0.29) is 24.1 Å². The molecule has 23 heavy (non-hydrogen) atoms. The first-order valence-electron chi connectivity index (χ1n) is 6.95. The third-order valence-electron chi connectivity index (χ3n) is 3.55. The monoisotopic (exact) mass is 347 g/mol. The Morgan fingerprint density at radius 1 is 1.30 bits per heavy atom. The van der Waals surface area contributed by atoms with Crippen molar-refractivity contribution < 1.29 is 14.4 Å². The van der Waals surface area contributed by atoms with Crippen molar-refractivity contribution in [1.29, 1.82) is 0 Å². The molecule has 1 saturated heterocycles. The van der Waals surface area contributed by atoms with Gasteiger partial charge in [0.15, 0.2) is 0 Å². The SMILES string of the molecule is CC1=NN(c2ccccc2)C(=O)[C@H]1C(=S)S[C@@H]1CC(=O)NC1=O. The van der Waals surface area contributed by atoms with Crippen molar-refractivity contribution in [3.8, 4) is 0 Å². The summed E-state index contributed by atoms with van der Waals surface area (Å²) in [5.74, 6) is -1.57. The second-order valence-electron chi connectivity index (χ2n) is 5.20. The summed E-state index contributed by atoms with van der Waals surface area (Å²) in [5, 5.41) is 7.28. The Labute approximate surface area is 142 Å². The van der Waals surface area contributed by atoms with Gasteiger partial charge < -0.3 is 0 Å². The molecule has 1 aromatic carbocycles. The van der Waals surface area contributed by atoms with Crippen LogP contribution in [0.3, 0.4) is 0 Å². The molecule has 2 heterocycles. The molecule has 118 valence electrons. The molecule has 0 saturated carbocycles. The van der Waals surface area contributed by atoms with E-state index in [1.54, 1.807) is 19.1 Å². The van der Waals surface area contributed by atoms with Crippen LogP contribution in [-0.2, 0) is 14.4 Å². The Balaban J connectivity index is 1.75. The maximum Gasteiger partial charge on any atom is 0.262 e. The van der Waals surface area contributed by atoms with Crippen LogP contribution in [0.15, 0.2) is 35.4 Å². The fourth-order valence-electron chi connectivity index (χ4n) is 2.42. The molecule has 1 aromatic rings. The summed E-state index contributed by atoms with van der Waals surface area (Å²) in [5.41, 5.74) is 1.25. The topological polar surface area (TPSA) is 78.8 Å². The number of carbonyl (C=O) groups excluding carboxylic acids is 3. The number of rotatable bonds is 3. The van der Waals surface area contributed by atoms with Crippen LogP contribution in [0.25, 0.3) is 0 Å². The van der Waals surface area contributed by atoms with E-state index >= 15 is 0 Å². The van der Waals surface area contributed by atoms with E-state index in [0.29, 0.717) is 15.6 Å². The van der Waals surface area contributed by atoms with Gasteiger partial charge in [-0.3, -0.25) is 19.7 Å². The lowest BCUT2D eigenvalue weighted by Crippen LogP contribution is -2.32. The minimum Gasteiger partial charge on any atom is -0.295 e. The van der Waals surface area contributed by atoms with Gasteiger partial charge in [0.2, 0.25) is 11.8 Å². The molecule has 1 fully saturated rings. The summed E-state index contributed by atoms with van der Waals surface area (Å²) in [4.78, 5) is 35.5. The molecule has 2 atom stereocenters. The molecule has 2 aliphatic rings. The Hall–Kier alpha value is -2.06. The molecule has 0 unspecified atom stereocenters. The summed E-state index contributed by atoms with van der Waals surface area (Å²) in [7, 11) is 0. The first-order chi connectivity index (χ1) is 11.0. The van der Waals surface area contributed by atoms with Crippen LogP contribution in [-0.4, -0.2) is 32.9 Å². The van der Waals surface area contributed by atoms with Gasteiger partial charge in [0, 0.05) is 6.42 Å². The lowest BCUT2D eigenvalue weighted by Gasteiger charge is -2.15. The number of nitrogens with zero attached hydrogens (tertiary/aromatic N) is 2. The van der Waals surface area contributed by atoms with E-state index in [0.717, 1.165) is 11.8 Å². The number of carbonyl (C=O) groups is 3. The minimum absolute atomic E-state index is 0.0864. The number of imide groups is 1. The highest BCUT2D eigenvalue weighted by Crippen LogP contribution is 2.31. The Morgan fingerprint density at radius 3 is 2.61 bits per heavy atom. The van der Waals surface area contributed by atoms with E-state index in [9.17, 15) is 14.4 Å². The quantitative estimate of drug-likeness (QED) is 0.662. The molecule has 0 bridgehead atoms. The molecule has 3 rings (SSSR count). The van der Waals surface area contributed by atoms with Gasteiger partial charge in [-0.2, -0.15) is 10.1 Å². The van der Waals surface area contributed by atoms with Gasteiger partial charge in [-0.25, -0.2) is 0 Å². The average molecular weight is 347 g/mol. The lowest BCUT2D eigenvalue weighted by molar-refractivity contribution is -0.124. The van der Waals surface area contributed by atoms with Crippen molar-refractivity contribution in [2.24, 2.45) is 11.0 Å². The fraction of sp³-hybridized carbons (Fsp3) is 0.267. The normalized spacial score (nSPS) is 24.0. The molecule has 0 aliphatic carbocycles. The highest BCUT2D eigenvalue weighted by molar-refractivity contribution is 8.24. The number of benzene rings is 1. The summed E-state index contributed by atoms with van der Waals surface area (Å²) < 4.78 is 0.365. The number of nitrogens with one attached hydrogen (secondary N) is 1. The van der Waals surface area contributed by atoms with Crippen molar-refractivity contribution in [1.82, 2.24) is 5.32 Å². The first-order valence-corrected chi connectivity index (χ1v) is 8.24. The summed E-state index contributed by atoms with van der Waals surface area (Å²) >= 11 is 6.43. The van der Waals surface area contributed by atoms with Crippen LogP contribution >= 0.6 is 24.0 Å². The zero-order valence-electron chi connectivity index (χ0n) is 12.2. The predicted octanol–water partition coefficient (Wildman–Crippen LogP) is 1.50. The maximum atomic E-state index is 12.6. The third kappa shape index (κ3) is 3.04. The van der Waals surface area contributed by atoms with Crippen molar-refractivity contribution in [2.45, 2.75) is 18.6 Å². The van der Waals surface area contributed by atoms with Crippen LogP contribution in [0.1, 0.15) is 13.3 Å². The van der Waals surface area contributed by atoms with Crippen LogP contribution < -0.4 is 10.3 Å². The second-order valence-corrected chi connectivity index (χ2v) is 7.14. The van der Waals surface area contributed by atoms with Crippen LogP contribution in [0.2, 0.25) is 0 Å². The van der Waals surface area contributed by atoms with Crippen LogP contribution in [0.4, 0.5) is 5.69 Å². The Morgan fingerprint density at radius 2 is 2.00 bits per heavy atom. The molecule has 3 amide bonds. The predicted molar refractivity (Wildman–Crippen MR) is 92.3 cm³/mol. The zero-order valence-corrected chi connectivity index (χ0v) is 13.8. The number of hydrogen-bond donors (Lipinski definition) is 1. The van der Waals surface area contributed by atoms with E-state index in [2.05, 4.69) is 10.4 Å². The molecule has 0 radical (unpaired) electrons.